The highest BCUT2D eigenvalue weighted by atomic mass is 16.5. The molecule has 0 unspecified atom stereocenters. The van der Waals surface area contributed by atoms with Gasteiger partial charge in [-0.25, -0.2) is 0 Å². The summed E-state index contributed by atoms with van der Waals surface area (Å²) in [5, 5.41) is 7.57. The fourth-order valence-corrected chi connectivity index (χ4v) is 5.27. The highest BCUT2D eigenvalue weighted by molar-refractivity contribution is 6.01. The minimum absolute atomic E-state index is 0.179. The van der Waals surface area contributed by atoms with Crippen LogP contribution in [-0.4, -0.2) is 32.1 Å². The number of hydrogen-bond acceptors (Lipinski definition) is 4. The van der Waals surface area contributed by atoms with Crippen LogP contribution < -0.4 is 20.3 Å². The third-order valence-electron chi connectivity index (χ3n) is 7.12. The lowest BCUT2D eigenvalue weighted by molar-refractivity contribution is -0.119. The summed E-state index contributed by atoms with van der Waals surface area (Å²) in [6, 6.07) is 16.2. The molecular weight excluding hydrogens is 374 g/mol. The van der Waals surface area contributed by atoms with Gasteiger partial charge in [-0.15, -0.1) is 0 Å². The second kappa shape index (κ2) is 7.71. The van der Waals surface area contributed by atoms with Gasteiger partial charge in [-0.05, 0) is 55.4 Å². The number of amides is 1. The van der Waals surface area contributed by atoms with Crippen LogP contribution in [0.3, 0.4) is 0 Å². The van der Waals surface area contributed by atoms with Crippen molar-refractivity contribution >= 4 is 11.6 Å². The minimum atomic E-state index is 0.179. The van der Waals surface area contributed by atoms with E-state index in [0.29, 0.717) is 18.0 Å². The number of rotatable bonds is 5. The van der Waals surface area contributed by atoms with E-state index < -0.39 is 0 Å². The van der Waals surface area contributed by atoms with Crippen LogP contribution in [0.4, 0.5) is 5.69 Å². The summed E-state index contributed by atoms with van der Waals surface area (Å²) < 4.78 is 5.75. The molecule has 30 heavy (non-hydrogen) atoms. The van der Waals surface area contributed by atoms with Crippen LogP contribution in [0.25, 0.3) is 0 Å². The number of nitrogens with zero attached hydrogens (tertiary/aromatic N) is 1. The van der Waals surface area contributed by atoms with Gasteiger partial charge in [-0.3, -0.25) is 4.79 Å². The Labute approximate surface area is 178 Å². The highest BCUT2D eigenvalue weighted by Gasteiger charge is 2.50. The first-order chi connectivity index (χ1) is 14.6. The van der Waals surface area contributed by atoms with Crippen molar-refractivity contribution in [3.8, 4) is 5.75 Å². The molecule has 0 bridgehead atoms. The molecule has 5 rings (SSSR count). The van der Waals surface area contributed by atoms with Crippen molar-refractivity contribution in [2.75, 3.05) is 19.1 Å². The van der Waals surface area contributed by atoms with E-state index in [1.54, 1.807) is 7.11 Å². The maximum Gasteiger partial charge on any atom is 0.230 e. The lowest BCUT2D eigenvalue weighted by atomic mass is 9.89. The number of hydrogen-bond donors (Lipinski definition) is 2. The van der Waals surface area contributed by atoms with E-state index in [9.17, 15) is 4.79 Å². The van der Waals surface area contributed by atoms with Gasteiger partial charge < -0.3 is 20.3 Å². The zero-order valence-corrected chi connectivity index (χ0v) is 18.0. The summed E-state index contributed by atoms with van der Waals surface area (Å²) >= 11 is 0. The van der Waals surface area contributed by atoms with Crippen LogP contribution in [0.1, 0.15) is 54.8 Å². The zero-order chi connectivity index (χ0) is 20.8. The van der Waals surface area contributed by atoms with Gasteiger partial charge in [0.05, 0.1) is 7.11 Å². The second-order valence-electron chi connectivity index (χ2n) is 9.09. The molecule has 2 fully saturated rings. The third kappa shape index (κ3) is 3.40. The maximum absolute atomic E-state index is 12.5. The fourth-order valence-electron chi connectivity index (χ4n) is 5.27. The molecule has 0 spiro atoms. The number of benzene rings is 2. The smallest absolute Gasteiger partial charge is 0.230 e. The quantitative estimate of drug-likeness (QED) is 0.796. The Morgan fingerprint density at radius 3 is 2.73 bits per heavy atom. The van der Waals surface area contributed by atoms with Crippen molar-refractivity contribution in [2.24, 2.45) is 5.92 Å². The van der Waals surface area contributed by atoms with Crippen LogP contribution in [-0.2, 0) is 11.3 Å². The number of fused-ring (bicyclic) bond motifs is 3. The van der Waals surface area contributed by atoms with Crippen molar-refractivity contribution in [3.63, 3.8) is 0 Å². The van der Waals surface area contributed by atoms with E-state index in [1.165, 1.54) is 11.1 Å². The molecule has 5 nitrogen and oxygen atoms in total. The zero-order valence-electron chi connectivity index (χ0n) is 18.0. The molecule has 158 valence electrons. The number of methoxy groups -OCH3 is 1. The van der Waals surface area contributed by atoms with Gasteiger partial charge in [0.25, 0.3) is 0 Å². The summed E-state index contributed by atoms with van der Waals surface area (Å²) in [6.07, 6.45) is 3.26. The summed E-state index contributed by atoms with van der Waals surface area (Å²) in [6.45, 7) is 2.98. The van der Waals surface area contributed by atoms with Crippen LogP contribution in [0.5, 0.6) is 5.75 Å². The van der Waals surface area contributed by atoms with Crippen molar-refractivity contribution in [1.82, 2.24) is 10.6 Å². The Morgan fingerprint density at radius 1 is 1.17 bits per heavy atom. The molecular formula is C25H31N3O2. The summed E-state index contributed by atoms with van der Waals surface area (Å²) in [4.78, 5) is 14.3. The highest BCUT2D eigenvalue weighted by Crippen LogP contribution is 2.56. The van der Waals surface area contributed by atoms with E-state index in [-0.39, 0.29) is 17.9 Å². The standard InChI is InChI=1S/C25H31N3O2/c1-15-9-10-21(24(27-15)16-7-5-4-6-8-16)26-14-17-11-22-19(13-23(17)30-3)18-12-20(18)25(29)28(22)2/h4-8,11,13,15,18,20-21,24,26-27H,9-10,12,14H2,1-3H3/t15-,18-,20-,21-,24-/m0/s1. The summed E-state index contributed by atoms with van der Waals surface area (Å²) in [5.41, 5.74) is 4.74. The van der Waals surface area contributed by atoms with Crippen LogP contribution >= 0.6 is 0 Å². The summed E-state index contributed by atoms with van der Waals surface area (Å²) in [5.74, 6) is 1.73. The molecule has 2 aromatic rings. The van der Waals surface area contributed by atoms with Crippen LogP contribution in [0.15, 0.2) is 42.5 Å². The van der Waals surface area contributed by atoms with E-state index in [0.717, 1.165) is 42.8 Å². The Bertz CT molecular complexity index is 945. The Kier molecular flexibility index (Phi) is 5.03. The van der Waals surface area contributed by atoms with Gasteiger partial charge in [0.1, 0.15) is 5.75 Å². The van der Waals surface area contributed by atoms with Crippen LogP contribution in [0, 0.1) is 5.92 Å². The van der Waals surface area contributed by atoms with Crippen molar-refractivity contribution in [2.45, 2.75) is 56.8 Å². The number of carbonyl (C=O) groups is 1. The van der Waals surface area contributed by atoms with E-state index in [2.05, 4.69) is 60.0 Å². The molecule has 1 saturated carbocycles. The van der Waals surface area contributed by atoms with E-state index in [1.807, 2.05) is 11.9 Å². The molecule has 1 amide bonds. The predicted octanol–water partition coefficient (Wildman–Crippen LogP) is 3.75. The van der Waals surface area contributed by atoms with Gasteiger partial charge in [0.15, 0.2) is 0 Å². The molecule has 5 heteroatoms. The molecule has 5 atom stereocenters. The van der Waals surface area contributed by atoms with Gasteiger partial charge in [-0.2, -0.15) is 0 Å². The largest absolute Gasteiger partial charge is 0.496 e. The Hall–Kier alpha value is -2.37. The SMILES string of the molecule is COc1cc2c(cc1CN[C@H]1CC[C@H](C)N[C@H]1c1ccccc1)N(C)C(=O)[C@H]1C[C@@H]21. The number of ether oxygens (including phenoxy) is 1. The first-order valence-corrected chi connectivity index (χ1v) is 11.1. The molecule has 2 aromatic carbocycles. The Balaban J connectivity index is 1.38. The molecule has 1 aliphatic carbocycles. The molecule has 0 radical (unpaired) electrons. The molecule has 2 N–H and O–H groups in total. The lowest BCUT2D eigenvalue weighted by Gasteiger charge is -2.37. The second-order valence-corrected chi connectivity index (χ2v) is 9.09. The van der Waals surface area contributed by atoms with E-state index in [4.69, 9.17) is 4.74 Å². The van der Waals surface area contributed by atoms with Crippen LogP contribution in [0.2, 0.25) is 0 Å². The third-order valence-corrected chi connectivity index (χ3v) is 7.12. The van der Waals surface area contributed by atoms with Gasteiger partial charge in [0, 0.05) is 48.9 Å². The number of anilines is 1. The molecule has 2 heterocycles. The molecule has 2 aliphatic heterocycles. The molecule has 0 aromatic heterocycles. The summed E-state index contributed by atoms with van der Waals surface area (Å²) in [7, 11) is 3.64. The van der Waals surface area contributed by atoms with Gasteiger partial charge >= 0.3 is 0 Å². The van der Waals surface area contributed by atoms with Crippen molar-refractivity contribution in [3.05, 3.63) is 59.2 Å². The van der Waals surface area contributed by atoms with Crippen molar-refractivity contribution in [1.29, 1.82) is 0 Å². The predicted molar refractivity (Wildman–Crippen MR) is 119 cm³/mol. The molecule has 3 aliphatic rings. The number of nitrogens with one attached hydrogen (secondary N) is 2. The van der Waals surface area contributed by atoms with Crippen molar-refractivity contribution < 1.29 is 9.53 Å². The topological polar surface area (TPSA) is 53.6 Å². The number of carbonyl (C=O) groups excluding carboxylic acids is 1. The monoisotopic (exact) mass is 405 g/mol. The first-order valence-electron chi connectivity index (χ1n) is 11.1. The normalized spacial score (nSPS) is 29.9. The first kappa shape index (κ1) is 19.6. The Morgan fingerprint density at radius 2 is 1.97 bits per heavy atom. The van der Waals surface area contributed by atoms with Gasteiger partial charge in [-0.1, -0.05) is 30.3 Å². The number of piperidine rings is 1. The average molecular weight is 406 g/mol. The lowest BCUT2D eigenvalue weighted by Crippen LogP contribution is -2.49. The average Bonchev–Trinajstić information content (AvgIpc) is 3.58. The minimum Gasteiger partial charge on any atom is -0.496 e. The maximum atomic E-state index is 12.5. The van der Waals surface area contributed by atoms with Gasteiger partial charge in [0.2, 0.25) is 5.91 Å². The fraction of sp³-hybridized carbons (Fsp3) is 0.480. The molecule has 1 saturated heterocycles. The van der Waals surface area contributed by atoms with E-state index >= 15 is 0 Å².